The van der Waals surface area contributed by atoms with E-state index >= 15 is 0 Å². The first-order valence-electron chi connectivity index (χ1n) is 8.57. The molecule has 0 radical (unpaired) electrons. The molecule has 0 unspecified atom stereocenters. The molecule has 0 saturated heterocycles. The van der Waals surface area contributed by atoms with Gasteiger partial charge in [-0.2, -0.15) is 0 Å². The van der Waals surface area contributed by atoms with Crippen LogP contribution in [0, 0.1) is 6.92 Å². The Balaban J connectivity index is 1.71. The number of hydrogen-bond acceptors (Lipinski definition) is 5. The van der Waals surface area contributed by atoms with E-state index in [0.29, 0.717) is 11.5 Å². The topological polar surface area (TPSA) is 82.0 Å². The van der Waals surface area contributed by atoms with E-state index in [4.69, 9.17) is 4.98 Å². The summed E-state index contributed by atoms with van der Waals surface area (Å²) in [6.45, 7) is 1.92. The van der Waals surface area contributed by atoms with E-state index in [1.54, 1.807) is 23.2 Å². The number of para-hydroxylation sites is 2. The van der Waals surface area contributed by atoms with Crippen LogP contribution in [0.5, 0.6) is 0 Å². The summed E-state index contributed by atoms with van der Waals surface area (Å²) in [5, 5.41) is 11.8. The normalized spacial score (nSPS) is 11.7. The van der Waals surface area contributed by atoms with Crippen molar-refractivity contribution in [2.75, 3.05) is 5.32 Å². The van der Waals surface area contributed by atoms with Gasteiger partial charge in [-0.1, -0.05) is 12.1 Å². The zero-order valence-electron chi connectivity index (χ0n) is 15.1. The van der Waals surface area contributed by atoms with Gasteiger partial charge in [0.25, 0.3) is 0 Å². The molecule has 134 valence electrons. The summed E-state index contributed by atoms with van der Waals surface area (Å²) in [6.07, 6.45) is 0. The maximum absolute atomic E-state index is 12.2. The molecule has 5 aromatic rings. The van der Waals surface area contributed by atoms with E-state index in [9.17, 15) is 4.79 Å². The van der Waals surface area contributed by atoms with Gasteiger partial charge in [0, 0.05) is 19.8 Å². The second-order valence-corrected chi connectivity index (χ2v) is 6.58. The Morgan fingerprint density at radius 3 is 2.56 bits per heavy atom. The first-order valence-corrected chi connectivity index (χ1v) is 8.57. The predicted octanol–water partition coefficient (Wildman–Crippen LogP) is 2.52. The highest BCUT2D eigenvalue weighted by Gasteiger charge is 2.14. The van der Waals surface area contributed by atoms with Crippen LogP contribution in [0.1, 0.15) is 5.82 Å². The van der Waals surface area contributed by atoms with Gasteiger partial charge in [-0.15, -0.1) is 10.2 Å². The molecule has 0 aliphatic carbocycles. The van der Waals surface area contributed by atoms with Crippen molar-refractivity contribution < 1.29 is 0 Å². The maximum atomic E-state index is 12.2. The van der Waals surface area contributed by atoms with Crippen molar-refractivity contribution in [2.24, 2.45) is 14.1 Å². The molecule has 0 aliphatic heterocycles. The van der Waals surface area contributed by atoms with Crippen molar-refractivity contribution in [3.05, 3.63) is 58.8 Å². The van der Waals surface area contributed by atoms with Crippen LogP contribution in [-0.4, -0.2) is 28.7 Å². The number of imidazole rings is 1. The summed E-state index contributed by atoms with van der Waals surface area (Å²) in [7, 11) is 3.54. The summed E-state index contributed by atoms with van der Waals surface area (Å²) < 4.78 is 5.25. The number of nitrogens with zero attached hydrogens (tertiary/aromatic N) is 6. The average Bonchev–Trinajstić information content (AvgIpc) is 3.17. The van der Waals surface area contributed by atoms with Gasteiger partial charge in [0.15, 0.2) is 5.82 Å². The van der Waals surface area contributed by atoms with E-state index < -0.39 is 0 Å². The molecule has 8 nitrogen and oxygen atoms in total. The highest BCUT2D eigenvalue weighted by atomic mass is 16.1. The van der Waals surface area contributed by atoms with Crippen LogP contribution in [0.2, 0.25) is 0 Å². The van der Waals surface area contributed by atoms with E-state index in [1.165, 1.54) is 0 Å². The van der Waals surface area contributed by atoms with Crippen molar-refractivity contribution in [1.82, 2.24) is 28.7 Å². The summed E-state index contributed by atoms with van der Waals surface area (Å²) in [5.41, 5.74) is 4.97. The molecule has 0 amide bonds. The van der Waals surface area contributed by atoms with Gasteiger partial charge in [-0.25, -0.2) is 9.78 Å². The third-order valence-electron chi connectivity index (χ3n) is 4.93. The third kappa shape index (κ3) is 2.16. The van der Waals surface area contributed by atoms with Crippen LogP contribution in [-0.2, 0) is 14.1 Å². The van der Waals surface area contributed by atoms with Gasteiger partial charge >= 0.3 is 5.69 Å². The minimum Gasteiger partial charge on any atom is -0.337 e. The Labute approximate surface area is 153 Å². The molecule has 0 saturated carbocycles. The lowest BCUT2D eigenvalue weighted by Gasteiger charge is -2.10. The lowest BCUT2D eigenvalue weighted by atomic mass is 10.2. The summed E-state index contributed by atoms with van der Waals surface area (Å²) in [4.78, 5) is 16.9. The number of anilines is 2. The van der Waals surface area contributed by atoms with Crippen molar-refractivity contribution in [2.45, 2.75) is 6.92 Å². The van der Waals surface area contributed by atoms with Crippen molar-refractivity contribution >= 4 is 39.2 Å². The first-order chi connectivity index (χ1) is 13.0. The lowest BCUT2D eigenvalue weighted by Crippen LogP contribution is -2.19. The van der Waals surface area contributed by atoms with Gasteiger partial charge < -0.3 is 5.32 Å². The van der Waals surface area contributed by atoms with Gasteiger partial charge in [-0.3, -0.25) is 13.5 Å². The highest BCUT2D eigenvalue weighted by Crippen LogP contribution is 2.26. The molecule has 2 aromatic carbocycles. The second kappa shape index (κ2) is 5.41. The molecule has 3 heterocycles. The summed E-state index contributed by atoms with van der Waals surface area (Å²) in [6, 6.07) is 13.7. The van der Waals surface area contributed by atoms with E-state index in [2.05, 4.69) is 15.5 Å². The average molecular weight is 359 g/mol. The molecule has 1 N–H and O–H groups in total. The number of nitrogens with one attached hydrogen (secondary N) is 1. The van der Waals surface area contributed by atoms with Crippen LogP contribution >= 0.6 is 0 Å². The molecule has 0 bridgehead atoms. The van der Waals surface area contributed by atoms with Gasteiger partial charge in [0.1, 0.15) is 5.82 Å². The minimum atomic E-state index is -0.0542. The largest absolute Gasteiger partial charge is 0.337 e. The van der Waals surface area contributed by atoms with Gasteiger partial charge in [0.2, 0.25) is 5.65 Å². The fraction of sp³-hybridized carbons (Fsp3) is 0.158. The lowest BCUT2D eigenvalue weighted by molar-refractivity contribution is 0.795. The SMILES string of the molecule is Cc1nnc2c(Nc3ccc4c(c3)n(C)c(=O)n4C)nc3ccccc3n12. The number of aromatic nitrogens is 6. The van der Waals surface area contributed by atoms with Crippen LogP contribution in [0.4, 0.5) is 11.5 Å². The zero-order valence-corrected chi connectivity index (χ0v) is 15.1. The Morgan fingerprint density at radius 2 is 1.70 bits per heavy atom. The molecule has 0 spiro atoms. The molecule has 0 atom stereocenters. The van der Waals surface area contributed by atoms with Crippen LogP contribution in [0.15, 0.2) is 47.3 Å². The van der Waals surface area contributed by atoms with Crippen LogP contribution in [0.25, 0.3) is 27.7 Å². The fourth-order valence-electron chi connectivity index (χ4n) is 3.53. The first kappa shape index (κ1) is 15.6. The monoisotopic (exact) mass is 359 g/mol. The molecule has 27 heavy (non-hydrogen) atoms. The minimum absolute atomic E-state index is 0.0542. The Hall–Kier alpha value is -3.68. The molecular formula is C19H17N7O. The van der Waals surface area contributed by atoms with Crippen molar-refractivity contribution in [1.29, 1.82) is 0 Å². The van der Waals surface area contributed by atoms with E-state index in [0.717, 1.165) is 33.6 Å². The number of aryl methyl sites for hydroxylation is 3. The maximum Gasteiger partial charge on any atom is 0.328 e. The van der Waals surface area contributed by atoms with Gasteiger partial charge in [-0.05, 0) is 37.3 Å². The van der Waals surface area contributed by atoms with Crippen molar-refractivity contribution in [3.8, 4) is 0 Å². The fourth-order valence-corrected chi connectivity index (χ4v) is 3.53. The zero-order chi connectivity index (χ0) is 18.7. The molecule has 5 rings (SSSR count). The molecule has 0 aliphatic rings. The smallest absolute Gasteiger partial charge is 0.328 e. The van der Waals surface area contributed by atoms with Crippen molar-refractivity contribution in [3.63, 3.8) is 0 Å². The van der Waals surface area contributed by atoms with E-state index in [1.807, 2.05) is 53.8 Å². The Morgan fingerprint density at radius 1 is 0.926 bits per heavy atom. The Kier molecular flexibility index (Phi) is 3.12. The predicted molar refractivity (Wildman–Crippen MR) is 104 cm³/mol. The standard InChI is InChI=1S/C19H17N7O/c1-11-22-23-18-17(21-13-6-4-5-7-14(13)26(11)18)20-12-8-9-15-16(10-12)25(3)19(27)24(15)2/h4-10H,1-3H3,(H,20,21). The van der Waals surface area contributed by atoms with Crippen LogP contribution in [0.3, 0.4) is 0 Å². The molecular weight excluding hydrogens is 342 g/mol. The number of hydrogen-bond donors (Lipinski definition) is 1. The summed E-state index contributed by atoms with van der Waals surface area (Å²) in [5.74, 6) is 1.42. The number of benzene rings is 2. The quantitative estimate of drug-likeness (QED) is 0.524. The Bertz CT molecular complexity index is 1410. The van der Waals surface area contributed by atoms with E-state index in [-0.39, 0.29) is 5.69 Å². The van der Waals surface area contributed by atoms with Crippen LogP contribution < -0.4 is 11.0 Å². The highest BCUT2D eigenvalue weighted by molar-refractivity contribution is 5.86. The second-order valence-electron chi connectivity index (χ2n) is 6.58. The van der Waals surface area contributed by atoms with Gasteiger partial charge in [0.05, 0.1) is 22.1 Å². The molecule has 3 aromatic heterocycles. The molecule has 8 heteroatoms. The number of rotatable bonds is 2. The summed E-state index contributed by atoms with van der Waals surface area (Å²) >= 11 is 0. The number of fused-ring (bicyclic) bond motifs is 4. The third-order valence-corrected chi connectivity index (χ3v) is 4.93. The molecule has 0 fully saturated rings.